The Morgan fingerprint density at radius 1 is 1.25 bits per heavy atom. The first-order valence-electron chi connectivity index (χ1n) is 10.6. The standard InChI is InChI=1S/C22H27ClN4O5/c1-5-7-10-27-19-18(20(28)25-22(27)30)26(6-2)17(24-19)12-31-21(29)14(4)32-16-9-8-15(23)11-13(16)3/h8-9,11,14H,5-7,10,12H2,1-4H3,(H,25,28,30). The lowest BCUT2D eigenvalue weighted by Crippen LogP contribution is -2.31. The summed E-state index contributed by atoms with van der Waals surface area (Å²) in [4.78, 5) is 44.1. The number of carbonyl (C=O) groups is 1. The summed E-state index contributed by atoms with van der Waals surface area (Å²) in [6.45, 7) is 7.99. The summed E-state index contributed by atoms with van der Waals surface area (Å²) in [6, 6.07) is 5.12. The molecule has 9 nitrogen and oxygen atoms in total. The normalized spacial score (nSPS) is 12.2. The molecule has 1 aromatic carbocycles. The van der Waals surface area contributed by atoms with E-state index in [1.807, 2.05) is 20.8 Å². The SMILES string of the molecule is CCCCn1c(=O)[nH]c(=O)c2c1nc(COC(=O)C(C)Oc1ccc(Cl)cc1C)n2CC. The van der Waals surface area contributed by atoms with Gasteiger partial charge in [0.25, 0.3) is 5.56 Å². The molecular formula is C22H27ClN4O5. The number of esters is 1. The van der Waals surface area contributed by atoms with Gasteiger partial charge in [0.15, 0.2) is 17.3 Å². The molecule has 0 amide bonds. The topological polar surface area (TPSA) is 108 Å². The van der Waals surface area contributed by atoms with Gasteiger partial charge in [-0.3, -0.25) is 14.3 Å². The molecule has 10 heteroatoms. The average Bonchev–Trinajstić information content (AvgIpc) is 3.12. The van der Waals surface area contributed by atoms with Crippen molar-refractivity contribution in [3.63, 3.8) is 0 Å². The second-order valence-electron chi connectivity index (χ2n) is 7.49. The molecule has 0 aliphatic carbocycles. The van der Waals surface area contributed by atoms with Gasteiger partial charge in [-0.15, -0.1) is 0 Å². The number of nitrogens with zero attached hydrogens (tertiary/aromatic N) is 3. The minimum Gasteiger partial charge on any atom is -0.479 e. The molecule has 32 heavy (non-hydrogen) atoms. The lowest BCUT2D eigenvalue weighted by atomic mass is 10.2. The number of ether oxygens (including phenoxy) is 2. The summed E-state index contributed by atoms with van der Waals surface area (Å²) in [5.74, 6) is 0.338. The summed E-state index contributed by atoms with van der Waals surface area (Å²) in [7, 11) is 0. The Kier molecular flexibility index (Phi) is 7.40. The van der Waals surface area contributed by atoms with E-state index in [4.69, 9.17) is 21.1 Å². The number of fused-ring (bicyclic) bond motifs is 1. The van der Waals surface area contributed by atoms with E-state index in [-0.39, 0.29) is 12.1 Å². The molecule has 0 aliphatic rings. The largest absolute Gasteiger partial charge is 0.479 e. The maximum Gasteiger partial charge on any atom is 0.347 e. The van der Waals surface area contributed by atoms with Gasteiger partial charge in [0, 0.05) is 18.1 Å². The molecule has 172 valence electrons. The van der Waals surface area contributed by atoms with Crippen LogP contribution in [0.5, 0.6) is 5.75 Å². The van der Waals surface area contributed by atoms with Crippen molar-refractivity contribution in [2.45, 2.75) is 66.3 Å². The zero-order chi connectivity index (χ0) is 23.4. The quantitative estimate of drug-likeness (QED) is 0.489. The van der Waals surface area contributed by atoms with Crippen LogP contribution in [0.1, 0.15) is 45.0 Å². The molecule has 3 rings (SSSR count). The number of unbranched alkanes of at least 4 members (excludes halogenated alkanes) is 1. The van der Waals surface area contributed by atoms with Crippen LogP contribution in [0.3, 0.4) is 0 Å². The predicted octanol–water partition coefficient (Wildman–Crippen LogP) is 3.18. The number of nitrogens with one attached hydrogen (secondary N) is 1. The molecule has 1 atom stereocenters. The number of carbonyl (C=O) groups excluding carboxylic acids is 1. The fourth-order valence-corrected chi connectivity index (χ4v) is 3.66. The number of hydrogen-bond acceptors (Lipinski definition) is 6. The average molecular weight is 463 g/mol. The predicted molar refractivity (Wildman–Crippen MR) is 121 cm³/mol. The van der Waals surface area contributed by atoms with Crippen LogP contribution in [0.15, 0.2) is 27.8 Å². The third-order valence-electron chi connectivity index (χ3n) is 5.13. The first-order chi connectivity index (χ1) is 15.3. The second kappa shape index (κ2) is 10.0. The Balaban J connectivity index is 1.82. The van der Waals surface area contributed by atoms with Crippen LogP contribution in [-0.2, 0) is 29.2 Å². The van der Waals surface area contributed by atoms with Crippen LogP contribution in [-0.4, -0.2) is 31.2 Å². The lowest BCUT2D eigenvalue weighted by molar-refractivity contribution is -0.152. The molecule has 3 aromatic rings. The molecule has 2 aromatic heterocycles. The summed E-state index contributed by atoms with van der Waals surface area (Å²) in [6.07, 6.45) is 0.792. The molecule has 0 saturated heterocycles. The maximum absolute atomic E-state index is 12.5. The number of halogens is 1. The van der Waals surface area contributed by atoms with Crippen LogP contribution in [0.2, 0.25) is 5.02 Å². The molecule has 0 bridgehead atoms. The number of aromatic amines is 1. The molecule has 1 unspecified atom stereocenters. The van der Waals surface area contributed by atoms with Crippen LogP contribution >= 0.6 is 11.6 Å². The first-order valence-corrected chi connectivity index (χ1v) is 11.0. The smallest absolute Gasteiger partial charge is 0.347 e. The molecule has 2 heterocycles. The number of imidazole rings is 1. The highest BCUT2D eigenvalue weighted by Crippen LogP contribution is 2.23. The highest BCUT2D eigenvalue weighted by molar-refractivity contribution is 6.30. The van der Waals surface area contributed by atoms with Gasteiger partial charge in [-0.2, -0.15) is 0 Å². The van der Waals surface area contributed by atoms with Crippen molar-refractivity contribution >= 4 is 28.7 Å². The molecule has 0 aliphatic heterocycles. The van der Waals surface area contributed by atoms with Crippen LogP contribution in [0.4, 0.5) is 0 Å². The minimum atomic E-state index is -0.861. The van der Waals surface area contributed by atoms with E-state index in [9.17, 15) is 14.4 Å². The van der Waals surface area contributed by atoms with Crippen molar-refractivity contribution in [3.05, 3.63) is 55.4 Å². The zero-order valence-corrected chi connectivity index (χ0v) is 19.4. The van der Waals surface area contributed by atoms with E-state index in [2.05, 4.69) is 9.97 Å². The van der Waals surface area contributed by atoms with Crippen LogP contribution in [0.25, 0.3) is 11.2 Å². The Labute approximate surface area is 189 Å². The van der Waals surface area contributed by atoms with E-state index in [1.54, 1.807) is 29.7 Å². The first kappa shape index (κ1) is 23.6. The monoisotopic (exact) mass is 462 g/mol. The number of benzene rings is 1. The fraction of sp³-hybridized carbons (Fsp3) is 0.455. The number of H-pyrrole nitrogens is 1. The molecular weight excluding hydrogens is 436 g/mol. The van der Waals surface area contributed by atoms with Crippen molar-refractivity contribution < 1.29 is 14.3 Å². The third-order valence-corrected chi connectivity index (χ3v) is 5.37. The van der Waals surface area contributed by atoms with Crippen LogP contribution < -0.4 is 16.0 Å². The second-order valence-corrected chi connectivity index (χ2v) is 7.92. The highest BCUT2D eigenvalue weighted by atomic mass is 35.5. The maximum atomic E-state index is 12.5. The molecule has 0 spiro atoms. The number of rotatable bonds is 9. The van der Waals surface area contributed by atoms with E-state index in [0.29, 0.717) is 35.3 Å². The molecule has 0 radical (unpaired) electrons. The van der Waals surface area contributed by atoms with Gasteiger partial charge < -0.3 is 14.0 Å². The van der Waals surface area contributed by atoms with Crippen molar-refractivity contribution in [1.82, 2.24) is 19.1 Å². The van der Waals surface area contributed by atoms with Crippen molar-refractivity contribution in [2.75, 3.05) is 0 Å². The Hall–Kier alpha value is -3.07. The van der Waals surface area contributed by atoms with Crippen molar-refractivity contribution in [3.8, 4) is 5.75 Å². The molecule has 0 saturated carbocycles. The summed E-state index contributed by atoms with van der Waals surface area (Å²) < 4.78 is 14.2. The molecule has 1 N–H and O–H groups in total. The number of hydrogen-bond donors (Lipinski definition) is 1. The van der Waals surface area contributed by atoms with Gasteiger partial charge in [0.2, 0.25) is 0 Å². The van der Waals surface area contributed by atoms with Gasteiger partial charge in [0.1, 0.15) is 18.2 Å². The fourth-order valence-electron chi connectivity index (χ4n) is 3.43. The minimum absolute atomic E-state index is 0.157. The summed E-state index contributed by atoms with van der Waals surface area (Å²) in [5.41, 5.74) is 0.367. The van der Waals surface area contributed by atoms with E-state index < -0.39 is 23.3 Å². The van der Waals surface area contributed by atoms with Gasteiger partial charge in [-0.1, -0.05) is 24.9 Å². The number of aryl methyl sites for hydroxylation is 3. The highest BCUT2D eigenvalue weighted by Gasteiger charge is 2.21. The van der Waals surface area contributed by atoms with Gasteiger partial charge in [-0.25, -0.2) is 14.6 Å². The lowest BCUT2D eigenvalue weighted by Gasteiger charge is -2.15. The van der Waals surface area contributed by atoms with Gasteiger partial charge >= 0.3 is 11.7 Å². The summed E-state index contributed by atoms with van der Waals surface area (Å²) >= 11 is 5.95. The Morgan fingerprint density at radius 3 is 2.66 bits per heavy atom. The van der Waals surface area contributed by atoms with E-state index in [1.165, 1.54) is 4.57 Å². The number of aromatic nitrogens is 4. The zero-order valence-electron chi connectivity index (χ0n) is 18.6. The van der Waals surface area contributed by atoms with Crippen molar-refractivity contribution in [2.24, 2.45) is 0 Å². The van der Waals surface area contributed by atoms with Crippen LogP contribution in [0, 0.1) is 6.92 Å². The van der Waals surface area contributed by atoms with Gasteiger partial charge in [0.05, 0.1) is 0 Å². The van der Waals surface area contributed by atoms with E-state index in [0.717, 1.165) is 18.4 Å². The van der Waals surface area contributed by atoms with Crippen molar-refractivity contribution in [1.29, 1.82) is 0 Å². The Bertz CT molecular complexity index is 1240. The third kappa shape index (κ3) is 4.88. The Morgan fingerprint density at radius 2 is 2.00 bits per heavy atom. The van der Waals surface area contributed by atoms with Gasteiger partial charge in [-0.05, 0) is 51.0 Å². The molecule has 0 fully saturated rings. The summed E-state index contributed by atoms with van der Waals surface area (Å²) in [5, 5.41) is 0.580. The van der Waals surface area contributed by atoms with E-state index >= 15 is 0 Å².